The number of hydrogen-bond acceptors (Lipinski definition) is 3. The summed E-state index contributed by atoms with van der Waals surface area (Å²) >= 11 is 0. The predicted octanol–water partition coefficient (Wildman–Crippen LogP) is 1.06. The number of carbonyl (C=O) groups excluding carboxylic acids is 1. The number of hydrogen-bond donors (Lipinski definition) is 1. The molecule has 1 N–H and O–H groups in total. The molecule has 0 bridgehead atoms. The average Bonchev–Trinajstić information content (AvgIpc) is 2.96. The summed E-state index contributed by atoms with van der Waals surface area (Å²) < 4.78 is 7.46. The Bertz CT molecular complexity index is 376. The first-order valence-electron chi connectivity index (χ1n) is 6.51. The van der Waals surface area contributed by atoms with Gasteiger partial charge in [0.15, 0.2) is 0 Å². The Labute approximate surface area is 108 Å². The molecule has 5 nitrogen and oxygen atoms in total. The molecule has 0 saturated carbocycles. The van der Waals surface area contributed by atoms with Crippen LogP contribution < -0.4 is 5.32 Å². The number of carbonyl (C=O) groups is 1. The van der Waals surface area contributed by atoms with Crippen molar-refractivity contribution in [3.8, 4) is 0 Å². The second kappa shape index (κ2) is 6.00. The van der Waals surface area contributed by atoms with E-state index in [1.807, 2.05) is 0 Å². The van der Waals surface area contributed by atoms with Gasteiger partial charge in [-0.3, -0.25) is 4.79 Å². The average molecular weight is 251 g/mol. The van der Waals surface area contributed by atoms with Crippen LogP contribution in [0, 0.1) is 11.8 Å². The van der Waals surface area contributed by atoms with Crippen LogP contribution >= 0.6 is 0 Å². The molecule has 1 aliphatic rings. The third kappa shape index (κ3) is 3.32. The topological polar surface area (TPSA) is 56.1 Å². The lowest BCUT2D eigenvalue weighted by Gasteiger charge is -2.22. The van der Waals surface area contributed by atoms with E-state index in [0.717, 1.165) is 13.0 Å². The third-order valence-electron chi connectivity index (χ3n) is 3.37. The second-order valence-corrected chi connectivity index (χ2v) is 5.17. The summed E-state index contributed by atoms with van der Waals surface area (Å²) in [5, 5.41) is 2.98. The molecule has 0 radical (unpaired) electrons. The lowest BCUT2D eigenvalue weighted by molar-refractivity contribution is -0.122. The van der Waals surface area contributed by atoms with Crippen molar-refractivity contribution >= 4 is 5.91 Å². The largest absolute Gasteiger partial charge is 0.378 e. The minimum absolute atomic E-state index is 0.0300. The van der Waals surface area contributed by atoms with E-state index in [4.69, 9.17) is 4.74 Å². The molecule has 2 heterocycles. The van der Waals surface area contributed by atoms with Gasteiger partial charge >= 0.3 is 0 Å². The van der Waals surface area contributed by atoms with Crippen molar-refractivity contribution in [2.75, 3.05) is 13.2 Å². The molecule has 18 heavy (non-hydrogen) atoms. The van der Waals surface area contributed by atoms with Gasteiger partial charge in [-0.1, -0.05) is 13.8 Å². The molecule has 0 aromatic carbocycles. The molecule has 0 unspecified atom stereocenters. The van der Waals surface area contributed by atoms with Crippen LogP contribution in [0.2, 0.25) is 0 Å². The molecule has 2 rings (SSSR count). The highest BCUT2D eigenvalue weighted by Crippen LogP contribution is 2.25. The molecule has 0 spiro atoms. The summed E-state index contributed by atoms with van der Waals surface area (Å²) in [6, 6.07) is 0. The van der Waals surface area contributed by atoms with Crippen LogP contribution in [0.1, 0.15) is 20.3 Å². The van der Waals surface area contributed by atoms with E-state index in [2.05, 4.69) is 24.1 Å². The maximum atomic E-state index is 11.7. The van der Waals surface area contributed by atoms with Crippen LogP contribution in [-0.4, -0.2) is 34.7 Å². The molecule has 2 atom stereocenters. The van der Waals surface area contributed by atoms with Gasteiger partial charge in [0, 0.05) is 31.5 Å². The van der Waals surface area contributed by atoms with Crippen molar-refractivity contribution in [1.29, 1.82) is 0 Å². The maximum absolute atomic E-state index is 11.7. The van der Waals surface area contributed by atoms with Crippen molar-refractivity contribution in [3.63, 3.8) is 0 Å². The molecule has 1 amide bonds. The number of amides is 1. The first-order valence-corrected chi connectivity index (χ1v) is 6.51. The van der Waals surface area contributed by atoms with Gasteiger partial charge < -0.3 is 14.6 Å². The van der Waals surface area contributed by atoms with E-state index in [-0.39, 0.29) is 12.0 Å². The van der Waals surface area contributed by atoms with Gasteiger partial charge in [0.25, 0.3) is 0 Å². The quantitative estimate of drug-likeness (QED) is 0.851. The van der Waals surface area contributed by atoms with Gasteiger partial charge in [0.1, 0.15) is 6.54 Å². The summed E-state index contributed by atoms with van der Waals surface area (Å²) in [5.74, 6) is 0.974. The zero-order chi connectivity index (χ0) is 13.0. The number of rotatable bonds is 5. The first kappa shape index (κ1) is 13.1. The highest BCUT2D eigenvalue weighted by molar-refractivity contribution is 5.75. The van der Waals surface area contributed by atoms with Crippen LogP contribution in [0.5, 0.6) is 0 Å². The van der Waals surface area contributed by atoms with Crippen LogP contribution in [0.3, 0.4) is 0 Å². The zero-order valence-corrected chi connectivity index (χ0v) is 11.0. The van der Waals surface area contributed by atoms with E-state index in [9.17, 15) is 4.79 Å². The van der Waals surface area contributed by atoms with E-state index in [1.54, 1.807) is 23.3 Å². The fraction of sp³-hybridized carbons (Fsp3) is 0.692. The van der Waals surface area contributed by atoms with E-state index in [1.165, 1.54) is 0 Å². The highest BCUT2D eigenvalue weighted by Gasteiger charge is 2.30. The van der Waals surface area contributed by atoms with E-state index in [0.29, 0.717) is 24.9 Å². The maximum Gasteiger partial charge on any atom is 0.239 e. The molecule has 1 aromatic heterocycles. The number of ether oxygens (including phenoxy) is 1. The Morgan fingerprint density at radius 1 is 1.61 bits per heavy atom. The molecule has 0 aliphatic carbocycles. The Kier molecular flexibility index (Phi) is 4.36. The van der Waals surface area contributed by atoms with Crippen molar-refractivity contribution in [2.45, 2.75) is 32.9 Å². The smallest absolute Gasteiger partial charge is 0.239 e. The monoisotopic (exact) mass is 251 g/mol. The van der Waals surface area contributed by atoms with Crippen molar-refractivity contribution < 1.29 is 9.53 Å². The molecule has 1 aliphatic heterocycles. The van der Waals surface area contributed by atoms with Gasteiger partial charge in [0.2, 0.25) is 5.91 Å². The van der Waals surface area contributed by atoms with Gasteiger partial charge in [-0.25, -0.2) is 4.98 Å². The molecular weight excluding hydrogens is 230 g/mol. The Balaban J connectivity index is 1.75. The summed E-state index contributed by atoms with van der Waals surface area (Å²) in [7, 11) is 0. The first-order chi connectivity index (χ1) is 8.66. The SMILES string of the molecule is CC(C)[C@H]1OCC[C@@H]1CNC(=O)Cn1ccnc1. The highest BCUT2D eigenvalue weighted by atomic mass is 16.5. The lowest BCUT2D eigenvalue weighted by Crippen LogP contribution is -2.36. The molecule has 1 aromatic rings. The standard InChI is InChI=1S/C13H21N3O2/c1-10(2)13-11(3-6-18-13)7-15-12(17)8-16-5-4-14-9-16/h4-5,9-11,13H,3,6-8H2,1-2H3,(H,15,17)/t11-,13-/m1/s1. The molecule has 5 heteroatoms. The predicted molar refractivity (Wildman–Crippen MR) is 67.9 cm³/mol. The normalized spacial score (nSPS) is 23.5. The minimum atomic E-state index is 0.0300. The fourth-order valence-corrected chi connectivity index (χ4v) is 2.46. The Morgan fingerprint density at radius 2 is 2.44 bits per heavy atom. The van der Waals surface area contributed by atoms with Gasteiger partial charge in [-0.05, 0) is 12.3 Å². The van der Waals surface area contributed by atoms with Gasteiger partial charge in [-0.15, -0.1) is 0 Å². The van der Waals surface area contributed by atoms with E-state index >= 15 is 0 Å². The van der Waals surface area contributed by atoms with Gasteiger partial charge in [-0.2, -0.15) is 0 Å². The van der Waals surface area contributed by atoms with E-state index < -0.39 is 0 Å². The van der Waals surface area contributed by atoms with Crippen LogP contribution in [0.15, 0.2) is 18.7 Å². The minimum Gasteiger partial charge on any atom is -0.378 e. The summed E-state index contributed by atoms with van der Waals surface area (Å²) in [6.07, 6.45) is 6.42. The van der Waals surface area contributed by atoms with Crippen LogP contribution in [0.4, 0.5) is 0 Å². The third-order valence-corrected chi connectivity index (χ3v) is 3.37. The van der Waals surface area contributed by atoms with Crippen LogP contribution in [-0.2, 0) is 16.1 Å². The molecule has 100 valence electrons. The number of imidazole rings is 1. The number of aromatic nitrogens is 2. The molecular formula is C13H21N3O2. The summed E-state index contributed by atoms with van der Waals surface area (Å²) in [4.78, 5) is 15.7. The zero-order valence-electron chi connectivity index (χ0n) is 11.0. The summed E-state index contributed by atoms with van der Waals surface area (Å²) in [5.41, 5.74) is 0. The van der Waals surface area contributed by atoms with Crippen molar-refractivity contribution in [1.82, 2.24) is 14.9 Å². The second-order valence-electron chi connectivity index (χ2n) is 5.17. The van der Waals surface area contributed by atoms with Crippen molar-refractivity contribution in [3.05, 3.63) is 18.7 Å². The van der Waals surface area contributed by atoms with Crippen LogP contribution in [0.25, 0.3) is 0 Å². The Hall–Kier alpha value is -1.36. The lowest BCUT2D eigenvalue weighted by atomic mass is 9.93. The Morgan fingerprint density at radius 3 is 3.11 bits per heavy atom. The number of nitrogens with one attached hydrogen (secondary N) is 1. The van der Waals surface area contributed by atoms with Crippen molar-refractivity contribution in [2.24, 2.45) is 11.8 Å². The molecule has 1 fully saturated rings. The fourth-order valence-electron chi connectivity index (χ4n) is 2.46. The molecule has 1 saturated heterocycles. The van der Waals surface area contributed by atoms with Gasteiger partial charge in [0.05, 0.1) is 12.4 Å². The summed E-state index contributed by atoms with van der Waals surface area (Å²) in [6.45, 7) is 6.17. The number of nitrogens with zero attached hydrogens (tertiary/aromatic N) is 2.